The summed E-state index contributed by atoms with van der Waals surface area (Å²) in [5.74, 6) is -0.464. The van der Waals surface area contributed by atoms with E-state index < -0.39 is 5.82 Å². The maximum absolute atomic E-state index is 13.7. The molecule has 0 aliphatic carbocycles. The Morgan fingerprint density at radius 2 is 1.67 bits per heavy atom. The molecular formula is C16H13FN4. The van der Waals surface area contributed by atoms with Gasteiger partial charge in [0.15, 0.2) is 11.6 Å². The number of para-hydroxylation sites is 1. The third kappa shape index (κ3) is 2.81. The van der Waals surface area contributed by atoms with E-state index in [0.717, 1.165) is 23.0 Å². The first-order valence-electron chi connectivity index (χ1n) is 6.43. The van der Waals surface area contributed by atoms with Crippen molar-refractivity contribution in [2.45, 2.75) is 0 Å². The van der Waals surface area contributed by atoms with Crippen molar-refractivity contribution in [3.05, 3.63) is 66.6 Å². The zero-order chi connectivity index (χ0) is 14.7. The Balaban J connectivity index is 2.02. The summed E-state index contributed by atoms with van der Waals surface area (Å²) in [6.07, 6.45) is 1.05. The molecule has 21 heavy (non-hydrogen) atoms. The average molecular weight is 280 g/mol. The summed E-state index contributed by atoms with van der Waals surface area (Å²) in [6.45, 7) is 0. The van der Waals surface area contributed by atoms with Gasteiger partial charge >= 0.3 is 0 Å². The topological polar surface area (TPSA) is 63.8 Å². The van der Waals surface area contributed by atoms with Gasteiger partial charge in [0.2, 0.25) is 5.95 Å². The smallest absolute Gasteiger partial charge is 0.222 e. The number of nitrogens with two attached hydrogens (primary N) is 1. The van der Waals surface area contributed by atoms with Gasteiger partial charge < -0.3 is 11.1 Å². The van der Waals surface area contributed by atoms with Gasteiger partial charge in [0.25, 0.3) is 0 Å². The second kappa shape index (κ2) is 5.58. The van der Waals surface area contributed by atoms with Gasteiger partial charge in [-0.25, -0.2) is 9.37 Å². The minimum atomic E-state index is -0.549. The SMILES string of the molecule is Nc1ncc(F)c(Nc2ccccc2-c2ccccc2)n1. The van der Waals surface area contributed by atoms with E-state index in [9.17, 15) is 4.39 Å². The molecule has 104 valence electrons. The first kappa shape index (κ1) is 13.1. The molecule has 0 bridgehead atoms. The Morgan fingerprint density at radius 1 is 0.952 bits per heavy atom. The molecular weight excluding hydrogens is 267 g/mol. The number of anilines is 3. The Labute approximate surface area is 121 Å². The summed E-state index contributed by atoms with van der Waals surface area (Å²) in [4.78, 5) is 7.50. The van der Waals surface area contributed by atoms with Crippen LogP contribution in [0.5, 0.6) is 0 Å². The molecule has 3 aromatic rings. The molecule has 5 heteroatoms. The molecule has 0 saturated heterocycles. The average Bonchev–Trinajstić information content (AvgIpc) is 2.52. The molecule has 0 saturated carbocycles. The van der Waals surface area contributed by atoms with Gasteiger partial charge in [0.05, 0.1) is 6.20 Å². The largest absolute Gasteiger partial charge is 0.368 e. The molecule has 0 spiro atoms. The summed E-state index contributed by atoms with van der Waals surface area (Å²) in [5, 5.41) is 2.97. The van der Waals surface area contributed by atoms with Gasteiger partial charge in [0.1, 0.15) is 0 Å². The highest BCUT2D eigenvalue weighted by Gasteiger charge is 2.09. The summed E-state index contributed by atoms with van der Waals surface area (Å²) in [7, 11) is 0. The Hall–Kier alpha value is -2.95. The highest BCUT2D eigenvalue weighted by atomic mass is 19.1. The highest BCUT2D eigenvalue weighted by Crippen LogP contribution is 2.30. The Morgan fingerprint density at radius 3 is 2.48 bits per heavy atom. The number of nitrogens with one attached hydrogen (secondary N) is 1. The van der Waals surface area contributed by atoms with E-state index in [-0.39, 0.29) is 11.8 Å². The summed E-state index contributed by atoms with van der Waals surface area (Å²) in [5.41, 5.74) is 8.24. The van der Waals surface area contributed by atoms with Gasteiger partial charge in [0, 0.05) is 11.3 Å². The molecule has 1 heterocycles. The van der Waals surface area contributed by atoms with Crippen LogP contribution in [0, 0.1) is 5.82 Å². The molecule has 0 amide bonds. The van der Waals surface area contributed by atoms with E-state index in [1.54, 1.807) is 0 Å². The van der Waals surface area contributed by atoms with E-state index >= 15 is 0 Å². The fourth-order valence-electron chi connectivity index (χ4n) is 2.06. The lowest BCUT2D eigenvalue weighted by molar-refractivity contribution is 0.620. The summed E-state index contributed by atoms with van der Waals surface area (Å²) < 4.78 is 13.7. The van der Waals surface area contributed by atoms with Crippen LogP contribution in [0.15, 0.2) is 60.8 Å². The van der Waals surface area contributed by atoms with Crippen molar-refractivity contribution >= 4 is 17.5 Å². The third-order valence-electron chi connectivity index (χ3n) is 3.03. The van der Waals surface area contributed by atoms with E-state index in [1.165, 1.54) is 0 Å². The quantitative estimate of drug-likeness (QED) is 0.769. The number of halogens is 1. The normalized spacial score (nSPS) is 10.3. The number of hydrogen-bond donors (Lipinski definition) is 2. The minimum Gasteiger partial charge on any atom is -0.368 e. The van der Waals surface area contributed by atoms with Crippen molar-refractivity contribution in [3.8, 4) is 11.1 Å². The summed E-state index contributed by atoms with van der Waals surface area (Å²) >= 11 is 0. The predicted octanol–water partition coefficient (Wildman–Crippen LogP) is 3.61. The lowest BCUT2D eigenvalue weighted by Crippen LogP contribution is -2.03. The molecule has 3 N–H and O–H groups in total. The number of benzene rings is 2. The van der Waals surface area contributed by atoms with E-state index in [0.29, 0.717) is 0 Å². The van der Waals surface area contributed by atoms with Crippen LogP contribution in [0.3, 0.4) is 0 Å². The van der Waals surface area contributed by atoms with Crippen molar-refractivity contribution < 1.29 is 4.39 Å². The van der Waals surface area contributed by atoms with Crippen LogP contribution < -0.4 is 11.1 Å². The molecule has 0 aliphatic heterocycles. The lowest BCUT2D eigenvalue weighted by atomic mass is 10.0. The standard InChI is InChI=1S/C16H13FN4/c17-13-10-19-16(18)21-15(13)20-14-9-5-4-8-12(14)11-6-2-1-3-7-11/h1-10H,(H3,18,19,20,21). The fraction of sp³-hybridized carbons (Fsp3) is 0. The number of rotatable bonds is 3. The van der Waals surface area contributed by atoms with Crippen molar-refractivity contribution in [3.63, 3.8) is 0 Å². The van der Waals surface area contributed by atoms with Crippen molar-refractivity contribution in [2.24, 2.45) is 0 Å². The van der Waals surface area contributed by atoms with Gasteiger partial charge in [-0.05, 0) is 11.6 Å². The van der Waals surface area contributed by atoms with Gasteiger partial charge in [-0.3, -0.25) is 0 Å². The van der Waals surface area contributed by atoms with Crippen LogP contribution in [-0.4, -0.2) is 9.97 Å². The third-order valence-corrected chi connectivity index (χ3v) is 3.03. The molecule has 0 unspecified atom stereocenters. The fourth-order valence-corrected chi connectivity index (χ4v) is 2.06. The molecule has 0 fully saturated rings. The van der Waals surface area contributed by atoms with Crippen LogP contribution in [0.25, 0.3) is 11.1 Å². The Bertz CT molecular complexity index is 759. The van der Waals surface area contributed by atoms with E-state index in [4.69, 9.17) is 5.73 Å². The lowest BCUT2D eigenvalue weighted by Gasteiger charge is -2.12. The molecule has 0 radical (unpaired) electrons. The minimum absolute atomic E-state index is 0.0242. The van der Waals surface area contributed by atoms with Crippen molar-refractivity contribution in [1.29, 1.82) is 0 Å². The van der Waals surface area contributed by atoms with Crippen molar-refractivity contribution in [1.82, 2.24) is 9.97 Å². The maximum Gasteiger partial charge on any atom is 0.222 e. The van der Waals surface area contributed by atoms with Crippen LogP contribution in [-0.2, 0) is 0 Å². The van der Waals surface area contributed by atoms with Gasteiger partial charge in [-0.1, -0.05) is 48.5 Å². The van der Waals surface area contributed by atoms with E-state index in [1.807, 2.05) is 54.6 Å². The first-order chi connectivity index (χ1) is 10.2. The summed E-state index contributed by atoms with van der Waals surface area (Å²) in [6, 6.07) is 17.5. The van der Waals surface area contributed by atoms with Gasteiger partial charge in [-0.2, -0.15) is 4.98 Å². The molecule has 2 aromatic carbocycles. The molecule has 0 aliphatic rings. The van der Waals surface area contributed by atoms with Crippen LogP contribution in [0.2, 0.25) is 0 Å². The molecule has 4 nitrogen and oxygen atoms in total. The maximum atomic E-state index is 13.7. The number of hydrogen-bond acceptors (Lipinski definition) is 4. The predicted molar refractivity (Wildman–Crippen MR) is 81.6 cm³/mol. The zero-order valence-electron chi connectivity index (χ0n) is 11.1. The Kier molecular flexibility index (Phi) is 3.47. The first-order valence-corrected chi connectivity index (χ1v) is 6.43. The van der Waals surface area contributed by atoms with E-state index in [2.05, 4.69) is 15.3 Å². The zero-order valence-corrected chi connectivity index (χ0v) is 11.1. The molecule has 3 rings (SSSR count). The number of nitrogens with zero attached hydrogens (tertiary/aromatic N) is 2. The van der Waals surface area contributed by atoms with Crippen LogP contribution in [0.4, 0.5) is 21.8 Å². The molecule has 0 atom stereocenters. The van der Waals surface area contributed by atoms with Crippen LogP contribution >= 0.6 is 0 Å². The number of aromatic nitrogens is 2. The highest BCUT2D eigenvalue weighted by molar-refractivity contribution is 5.80. The monoisotopic (exact) mass is 280 g/mol. The number of nitrogen functional groups attached to an aromatic ring is 1. The van der Waals surface area contributed by atoms with Crippen LogP contribution in [0.1, 0.15) is 0 Å². The molecule has 1 aromatic heterocycles. The second-order valence-corrected chi connectivity index (χ2v) is 4.46. The van der Waals surface area contributed by atoms with Gasteiger partial charge in [-0.15, -0.1) is 0 Å². The van der Waals surface area contributed by atoms with Crippen molar-refractivity contribution in [2.75, 3.05) is 11.1 Å². The second-order valence-electron chi connectivity index (χ2n) is 4.46.